The quantitative estimate of drug-likeness (QED) is 0.405. The Labute approximate surface area is 199 Å². The topological polar surface area (TPSA) is 94.8 Å². The minimum atomic E-state index is -0.846. The van der Waals surface area contributed by atoms with E-state index in [9.17, 15) is 14.4 Å². The van der Waals surface area contributed by atoms with Crippen molar-refractivity contribution >= 4 is 22.8 Å². The van der Waals surface area contributed by atoms with Gasteiger partial charge in [-0.05, 0) is 41.2 Å². The highest BCUT2D eigenvalue weighted by atomic mass is 16.5. The van der Waals surface area contributed by atoms with E-state index in [1.807, 2.05) is 26.0 Å². The van der Waals surface area contributed by atoms with Crippen LogP contribution in [0.5, 0.6) is 5.75 Å². The second kappa shape index (κ2) is 10.1. The van der Waals surface area contributed by atoms with E-state index in [4.69, 9.17) is 13.9 Å². The van der Waals surface area contributed by atoms with Crippen molar-refractivity contribution in [1.82, 2.24) is 5.32 Å². The zero-order valence-electron chi connectivity index (χ0n) is 20.4. The fraction of sp³-hybridized carbons (Fsp3) is 0.370. The van der Waals surface area contributed by atoms with Gasteiger partial charge in [-0.2, -0.15) is 0 Å². The molecule has 0 fully saturated rings. The molecule has 3 rings (SSSR count). The standard InChI is InChI=1S/C27H31NO6/c1-16(2)24(28-25(30)17-7-9-19(10-8-17)27(3,4)5)26(31)33-15-18-13-23(29)34-22-14-20(32-6)11-12-21(18)22/h7-14,16,24H,15H2,1-6H3,(H,28,30). The van der Waals surface area contributed by atoms with E-state index in [-0.39, 0.29) is 23.8 Å². The summed E-state index contributed by atoms with van der Waals surface area (Å²) in [7, 11) is 1.52. The van der Waals surface area contributed by atoms with E-state index >= 15 is 0 Å². The van der Waals surface area contributed by atoms with Gasteiger partial charge < -0.3 is 19.2 Å². The highest BCUT2D eigenvalue weighted by molar-refractivity contribution is 5.97. The minimum Gasteiger partial charge on any atom is -0.497 e. The lowest BCUT2D eigenvalue weighted by Crippen LogP contribution is -2.45. The summed E-state index contributed by atoms with van der Waals surface area (Å²) in [4.78, 5) is 37.6. The van der Waals surface area contributed by atoms with Crippen LogP contribution in [0.15, 0.2) is 57.7 Å². The van der Waals surface area contributed by atoms with Crippen molar-refractivity contribution in [1.29, 1.82) is 0 Å². The van der Waals surface area contributed by atoms with Crippen LogP contribution in [-0.4, -0.2) is 25.0 Å². The summed E-state index contributed by atoms with van der Waals surface area (Å²) in [5.41, 5.74) is 1.84. The van der Waals surface area contributed by atoms with E-state index in [2.05, 4.69) is 26.1 Å². The monoisotopic (exact) mass is 465 g/mol. The molecule has 0 bridgehead atoms. The Morgan fingerprint density at radius 1 is 1.03 bits per heavy atom. The first-order chi connectivity index (χ1) is 16.0. The molecule has 2 aromatic carbocycles. The lowest BCUT2D eigenvalue weighted by Gasteiger charge is -2.22. The number of rotatable bonds is 7. The molecule has 0 radical (unpaired) electrons. The average molecular weight is 466 g/mol. The number of benzene rings is 2. The van der Waals surface area contributed by atoms with Gasteiger partial charge in [-0.3, -0.25) is 4.79 Å². The number of hydrogen-bond donors (Lipinski definition) is 1. The second-order valence-corrected chi connectivity index (χ2v) is 9.58. The number of amides is 1. The van der Waals surface area contributed by atoms with E-state index in [0.29, 0.717) is 27.8 Å². The summed E-state index contributed by atoms with van der Waals surface area (Å²) in [5, 5.41) is 3.42. The Morgan fingerprint density at radius 3 is 2.29 bits per heavy atom. The zero-order valence-corrected chi connectivity index (χ0v) is 20.4. The summed E-state index contributed by atoms with van der Waals surface area (Å²) >= 11 is 0. The maximum absolute atomic E-state index is 12.9. The molecule has 1 atom stereocenters. The van der Waals surface area contributed by atoms with E-state index in [0.717, 1.165) is 5.56 Å². The number of carbonyl (C=O) groups excluding carboxylic acids is 2. The third-order valence-corrected chi connectivity index (χ3v) is 5.63. The molecule has 1 heterocycles. The Hall–Kier alpha value is -3.61. The number of hydrogen-bond acceptors (Lipinski definition) is 6. The molecule has 0 aliphatic heterocycles. The lowest BCUT2D eigenvalue weighted by molar-refractivity contribution is -0.148. The molecule has 0 aliphatic rings. The summed E-state index contributed by atoms with van der Waals surface area (Å²) in [5.74, 6) is -0.589. The summed E-state index contributed by atoms with van der Waals surface area (Å²) in [6.45, 7) is 9.82. The first-order valence-corrected chi connectivity index (χ1v) is 11.2. The van der Waals surface area contributed by atoms with Gasteiger partial charge in [0.25, 0.3) is 5.91 Å². The number of ether oxygens (including phenoxy) is 2. The van der Waals surface area contributed by atoms with Gasteiger partial charge in [-0.25, -0.2) is 9.59 Å². The smallest absolute Gasteiger partial charge is 0.336 e. The molecule has 7 heteroatoms. The normalized spacial score (nSPS) is 12.4. The van der Waals surface area contributed by atoms with Crippen LogP contribution >= 0.6 is 0 Å². The Kier molecular flexibility index (Phi) is 7.44. The van der Waals surface area contributed by atoms with Gasteiger partial charge in [0.15, 0.2) is 0 Å². The molecule has 0 saturated heterocycles. The van der Waals surface area contributed by atoms with Gasteiger partial charge in [-0.15, -0.1) is 0 Å². The number of esters is 1. The number of carbonyl (C=O) groups is 2. The maximum Gasteiger partial charge on any atom is 0.336 e. The Balaban J connectivity index is 1.73. The third-order valence-electron chi connectivity index (χ3n) is 5.63. The lowest BCUT2D eigenvalue weighted by atomic mass is 9.86. The number of methoxy groups -OCH3 is 1. The van der Waals surface area contributed by atoms with Crippen molar-refractivity contribution in [3.63, 3.8) is 0 Å². The van der Waals surface area contributed by atoms with Crippen LogP contribution in [0.1, 0.15) is 56.1 Å². The van der Waals surface area contributed by atoms with Gasteiger partial charge in [0.2, 0.25) is 0 Å². The van der Waals surface area contributed by atoms with Crippen molar-refractivity contribution < 1.29 is 23.5 Å². The summed E-state index contributed by atoms with van der Waals surface area (Å²) in [6.07, 6.45) is 0. The fourth-order valence-electron chi connectivity index (χ4n) is 3.54. The molecule has 0 aliphatic carbocycles. The van der Waals surface area contributed by atoms with E-state index in [1.54, 1.807) is 30.3 Å². The van der Waals surface area contributed by atoms with E-state index < -0.39 is 17.6 Å². The molecule has 0 spiro atoms. The van der Waals surface area contributed by atoms with Crippen molar-refractivity contribution in [2.24, 2.45) is 5.92 Å². The molecule has 3 aromatic rings. The number of nitrogens with one attached hydrogen (secondary N) is 1. The molecular formula is C27H31NO6. The number of fused-ring (bicyclic) bond motifs is 1. The van der Waals surface area contributed by atoms with Crippen LogP contribution in [-0.2, 0) is 21.6 Å². The third kappa shape index (κ3) is 5.84. The van der Waals surface area contributed by atoms with Crippen molar-refractivity contribution in [3.05, 3.63) is 75.6 Å². The fourth-order valence-corrected chi connectivity index (χ4v) is 3.54. The Bertz CT molecular complexity index is 1230. The van der Waals surface area contributed by atoms with Gasteiger partial charge >= 0.3 is 11.6 Å². The highest BCUT2D eigenvalue weighted by Gasteiger charge is 2.27. The molecular weight excluding hydrogens is 434 g/mol. The van der Waals surface area contributed by atoms with E-state index in [1.165, 1.54) is 13.2 Å². The molecule has 180 valence electrons. The van der Waals surface area contributed by atoms with Crippen LogP contribution in [0.25, 0.3) is 11.0 Å². The predicted molar refractivity (Wildman–Crippen MR) is 130 cm³/mol. The van der Waals surface area contributed by atoms with Gasteiger partial charge in [-0.1, -0.05) is 46.8 Å². The van der Waals surface area contributed by atoms with Crippen molar-refractivity contribution in [2.75, 3.05) is 7.11 Å². The summed E-state index contributed by atoms with van der Waals surface area (Å²) < 4.78 is 15.9. The van der Waals surface area contributed by atoms with Crippen molar-refractivity contribution in [2.45, 2.75) is 52.7 Å². The largest absolute Gasteiger partial charge is 0.497 e. The average Bonchev–Trinajstić information content (AvgIpc) is 2.79. The first-order valence-electron chi connectivity index (χ1n) is 11.2. The zero-order chi connectivity index (χ0) is 25.0. The van der Waals surface area contributed by atoms with Gasteiger partial charge in [0, 0.05) is 28.6 Å². The molecule has 1 unspecified atom stereocenters. The maximum atomic E-state index is 12.9. The first kappa shape index (κ1) is 25.0. The molecule has 7 nitrogen and oxygen atoms in total. The highest BCUT2D eigenvalue weighted by Crippen LogP contribution is 2.24. The summed E-state index contributed by atoms with van der Waals surface area (Å²) in [6, 6.07) is 12.9. The van der Waals surface area contributed by atoms with Crippen LogP contribution in [0.2, 0.25) is 0 Å². The predicted octanol–water partition coefficient (Wildman–Crippen LogP) is 4.60. The second-order valence-electron chi connectivity index (χ2n) is 9.58. The van der Waals surface area contributed by atoms with Gasteiger partial charge in [0.1, 0.15) is 24.0 Å². The minimum absolute atomic E-state index is 0.0245. The molecule has 1 N–H and O–H groups in total. The Morgan fingerprint density at radius 2 is 1.71 bits per heavy atom. The molecule has 1 amide bonds. The van der Waals surface area contributed by atoms with Crippen molar-refractivity contribution in [3.8, 4) is 5.75 Å². The van der Waals surface area contributed by atoms with Crippen LogP contribution in [0.4, 0.5) is 0 Å². The van der Waals surface area contributed by atoms with Crippen LogP contribution < -0.4 is 15.7 Å². The van der Waals surface area contributed by atoms with Crippen LogP contribution in [0, 0.1) is 5.92 Å². The molecule has 1 aromatic heterocycles. The van der Waals surface area contributed by atoms with Crippen LogP contribution in [0.3, 0.4) is 0 Å². The van der Waals surface area contributed by atoms with Gasteiger partial charge in [0.05, 0.1) is 7.11 Å². The SMILES string of the molecule is COc1ccc2c(COC(=O)C(NC(=O)c3ccc(C(C)(C)C)cc3)C(C)C)cc(=O)oc2c1. The molecule has 34 heavy (non-hydrogen) atoms. The molecule has 0 saturated carbocycles.